The Bertz CT molecular complexity index is 1230. The van der Waals surface area contributed by atoms with E-state index in [4.69, 9.17) is 4.18 Å². The summed E-state index contributed by atoms with van der Waals surface area (Å²) in [7, 11) is -4.06. The SMILES string of the molecule is CC(C)CN(Cc1ccc(OS(=O)(=O)c2ccc(F)cc2)cc1)C(=O)C1C[C@H]1c1ccccc1. The first-order chi connectivity index (χ1) is 16.2. The van der Waals surface area contributed by atoms with Crippen molar-refractivity contribution in [1.82, 2.24) is 4.90 Å². The van der Waals surface area contributed by atoms with Crippen molar-refractivity contribution in [1.29, 1.82) is 0 Å². The quantitative estimate of drug-likeness (QED) is 0.385. The van der Waals surface area contributed by atoms with Gasteiger partial charge in [-0.2, -0.15) is 8.42 Å². The van der Waals surface area contributed by atoms with E-state index in [-0.39, 0.29) is 28.4 Å². The van der Waals surface area contributed by atoms with Gasteiger partial charge in [0.25, 0.3) is 0 Å². The average molecular weight is 482 g/mol. The van der Waals surface area contributed by atoms with E-state index in [2.05, 4.69) is 26.0 Å². The number of amides is 1. The van der Waals surface area contributed by atoms with E-state index in [1.54, 1.807) is 24.3 Å². The molecule has 0 N–H and O–H groups in total. The number of benzene rings is 3. The Morgan fingerprint density at radius 3 is 2.26 bits per heavy atom. The molecule has 0 radical (unpaired) electrons. The molecule has 178 valence electrons. The highest BCUT2D eigenvalue weighted by molar-refractivity contribution is 7.87. The van der Waals surface area contributed by atoms with Gasteiger partial charge in [-0.25, -0.2) is 4.39 Å². The fourth-order valence-electron chi connectivity index (χ4n) is 4.09. The Morgan fingerprint density at radius 1 is 1.00 bits per heavy atom. The van der Waals surface area contributed by atoms with Gasteiger partial charge in [-0.3, -0.25) is 4.79 Å². The molecule has 0 saturated heterocycles. The summed E-state index contributed by atoms with van der Waals surface area (Å²) in [5.74, 6) is 0.384. The molecule has 34 heavy (non-hydrogen) atoms. The number of nitrogens with zero attached hydrogens (tertiary/aromatic N) is 1. The van der Waals surface area contributed by atoms with Gasteiger partial charge in [0.1, 0.15) is 16.5 Å². The van der Waals surface area contributed by atoms with Gasteiger partial charge in [-0.05, 0) is 65.8 Å². The van der Waals surface area contributed by atoms with Crippen LogP contribution in [0.1, 0.15) is 37.3 Å². The lowest BCUT2D eigenvalue weighted by atomic mass is 10.1. The minimum Gasteiger partial charge on any atom is -0.379 e. The first kappa shape index (κ1) is 24.0. The number of carbonyl (C=O) groups excluding carboxylic acids is 1. The second kappa shape index (κ2) is 9.97. The van der Waals surface area contributed by atoms with Crippen molar-refractivity contribution >= 4 is 16.0 Å². The molecule has 5 nitrogen and oxygen atoms in total. The van der Waals surface area contributed by atoms with Crippen LogP contribution in [0.2, 0.25) is 0 Å². The van der Waals surface area contributed by atoms with Crippen LogP contribution in [0.5, 0.6) is 5.75 Å². The molecule has 0 aliphatic heterocycles. The van der Waals surface area contributed by atoms with Crippen molar-refractivity contribution in [3.63, 3.8) is 0 Å². The van der Waals surface area contributed by atoms with Crippen LogP contribution in [-0.2, 0) is 21.5 Å². The molecule has 1 aliphatic rings. The highest BCUT2D eigenvalue weighted by atomic mass is 32.2. The van der Waals surface area contributed by atoms with E-state index < -0.39 is 15.9 Å². The fourth-order valence-corrected chi connectivity index (χ4v) is 5.02. The van der Waals surface area contributed by atoms with E-state index in [0.29, 0.717) is 19.0 Å². The maximum atomic E-state index is 13.3. The molecule has 7 heteroatoms. The molecule has 4 rings (SSSR count). The standard InChI is InChI=1S/C27H28FNO4S/c1-19(2)17-29(27(30)26-16-25(26)21-6-4-3-5-7-21)18-20-8-12-23(13-9-20)33-34(31,32)24-14-10-22(28)11-15-24/h3-15,19,25-26H,16-18H2,1-2H3/t25-,26?/m0/s1. The topological polar surface area (TPSA) is 63.7 Å². The van der Waals surface area contributed by atoms with Gasteiger partial charge in [0.05, 0.1) is 0 Å². The molecule has 1 unspecified atom stereocenters. The third-order valence-electron chi connectivity index (χ3n) is 5.84. The number of hydrogen-bond donors (Lipinski definition) is 0. The summed E-state index contributed by atoms with van der Waals surface area (Å²) in [6.45, 7) is 5.26. The molecule has 1 saturated carbocycles. The summed E-state index contributed by atoms with van der Waals surface area (Å²) in [5, 5.41) is 0. The highest BCUT2D eigenvalue weighted by Crippen LogP contribution is 2.48. The van der Waals surface area contributed by atoms with E-state index in [1.165, 1.54) is 5.56 Å². The summed E-state index contributed by atoms with van der Waals surface area (Å²) < 4.78 is 43.1. The van der Waals surface area contributed by atoms with E-state index in [0.717, 1.165) is 36.2 Å². The summed E-state index contributed by atoms with van der Waals surface area (Å²) in [6.07, 6.45) is 0.867. The van der Waals surface area contributed by atoms with Crippen LogP contribution < -0.4 is 4.18 Å². The third-order valence-corrected chi connectivity index (χ3v) is 7.10. The largest absolute Gasteiger partial charge is 0.379 e. The van der Waals surface area contributed by atoms with Gasteiger partial charge >= 0.3 is 10.1 Å². The Hall–Kier alpha value is -3.19. The zero-order valence-corrected chi connectivity index (χ0v) is 20.0. The highest BCUT2D eigenvalue weighted by Gasteiger charge is 2.45. The van der Waals surface area contributed by atoms with Crippen molar-refractivity contribution in [3.8, 4) is 5.75 Å². The first-order valence-corrected chi connectivity index (χ1v) is 12.8. The molecular weight excluding hydrogens is 453 g/mol. The third kappa shape index (κ3) is 5.83. The zero-order valence-electron chi connectivity index (χ0n) is 19.2. The minimum atomic E-state index is -4.06. The molecule has 0 spiro atoms. The number of carbonyl (C=O) groups is 1. The van der Waals surface area contributed by atoms with Crippen molar-refractivity contribution in [2.45, 2.75) is 37.6 Å². The van der Waals surface area contributed by atoms with Crippen molar-refractivity contribution in [2.24, 2.45) is 11.8 Å². The van der Waals surface area contributed by atoms with Gasteiger partial charge in [0.15, 0.2) is 0 Å². The van der Waals surface area contributed by atoms with Gasteiger partial charge in [-0.1, -0.05) is 56.3 Å². The van der Waals surface area contributed by atoms with Gasteiger partial charge in [0, 0.05) is 19.0 Å². The predicted octanol–water partition coefficient (Wildman–Crippen LogP) is 5.38. The Labute approximate surface area is 200 Å². The van der Waals surface area contributed by atoms with Gasteiger partial charge in [0.2, 0.25) is 5.91 Å². The normalized spacial score (nSPS) is 17.4. The number of hydrogen-bond acceptors (Lipinski definition) is 4. The molecular formula is C27H28FNO4S. The molecule has 0 heterocycles. The lowest BCUT2D eigenvalue weighted by molar-refractivity contribution is -0.133. The van der Waals surface area contributed by atoms with Gasteiger partial charge in [-0.15, -0.1) is 0 Å². The van der Waals surface area contributed by atoms with E-state index in [9.17, 15) is 17.6 Å². The molecule has 2 atom stereocenters. The van der Waals surface area contributed by atoms with Crippen LogP contribution in [0, 0.1) is 17.7 Å². The molecule has 0 bridgehead atoms. The van der Waals surface area contributed by atoms with Crippen LogP contribution in [0.3, 0.4) is 0 Å². The second-order valence-corrected chi connectivity index (χ2v) is 10.7. The van der Waals surface area contributed by atoms with Crippen molar-refractivity contribution < 1.29 is 21.8 Å². The van der Waals surface area contributed by atoms with E-state index >= 15 is 0 Å². The minimum absolute atomic E-state index is 0.00427. The second-order valence-electron chi connectivity index (χ2n) is 9.11. The van der Waals surface area contributed by atoms with Crippen LogP contribution in [0.15, 0.2) is 83.8 Å². The molecule has 3 aromatic carbocycles. The molecule has 1 fully saturated rings. The van der Waals surface area contributed by atoms with Crippen LogP contribution in [0.25, 0.3) is 0 Å². The fraction of sp³-hybridized carbons (Fsp3) is 0.296. The lowest BCUT2D eigenvalue weighted by Crippen LogP contribution is -2.35. The lowest BCUT2D eigenvalue weighted by Gasteiger charge is -2.25. The Morgan fingerprint density at radius 2 is 1.65 bits per heavy atom. The van der Waals surface area contributed by atoms with Crippen molar-refractivity contribution in [3.05, 3.63) is 95.8 Å². The summed E-state index contributed by atoms with van der Waals surface area (Å²) in [5.41, 5.74) is 2.09. The van der Waals surface area contributed by atoms with Crippen molar-refractivity contribution in [2.75, 3.05) is 6.54 Å². The van der Waals surface area contributed by atoms with Crippen LogP contribution in [0.4, 0.5) is 4.39 Å². The molecule has 1 aliphatic carbocycles. The predicted molar refractivity (Wildman–Crippen MR) is 128 cm³/mol. The van der Waals surface area contributed by atoms with E-state index in [1.807, 2.05) is 23.1 Å². The maximum absolute atomic E-state index is 13.3. The molecule has 3 aromatic rings. The first-order valence-electron chi connectivity index (χ1n) is 11.4. The molecule has 1 amide bonds. The Balaban J connectivity index is 1.42. The van der Waals surface area contributed by atoms with Crippen LogP contribution >= 0.6 is 0 Å². The number of rotatable bonds is 9. The molecule has 0 aromatic heterocycles. The summed E-state index contributed by atoms with van der Waals surface area (Å²) in [4.78, 5) is 15.0. The maximum Gasteiger partial charge on any atom is 0.339 e. The zero-order chi connectivity index (χ0) is 24.3. The van der Waals surface area contributed by atoms with Gasteiger partial charge < -0.3 is 9.08 Å². The number of halogens is 1. The van der Waals surface area contributed by atoms with Crippen LogP contribution in [-0.4, -0.2) is 25.8 Å². The smallest absolute Gasteiger partial charge is 0.339 e. The summed E-state index contributed by atoms with van der Waals surface area (Å²) >= 11 is 0. The summed E-state index contributed by atoms with van der Waals surface area (Å²) in [6, 6.07) is 21.3. The Kier molecular flexibility index (Phi) is 7.03. The monoisotopic (exact) mass is 481 g/mol. The average Bonchev–Trinajstić information content (AvgIpc) is 3.61.